The number of sulfonamides is 1. The number of methoxy groups -OCH3 is 1. The Bertz CT molecular complexity index is 1890. The lowest BCUT2D eigenvalue weighted by Crippen LogP contribution is -2.19. The predicted octanol–water partition coefficient (Wildman–Crippen LogP) is 5.42. The number of hydrogen-bond acceptors (Lipinski definition) is 6. The molecule has 0 unspecified atom stereocenters. The average Bonchev–Trinajstić information content (AvgIpc) is 2.92. The quantitative estimate of drug-likeness (QED) is 0.274. The van der Waals surface area contributed by atoms with Gasteiger partial charge in [-0.2, -0.15) is 18.3 Å². The Labute approximate surface area is 224 Å². The van der Waals surface area contributed by atoms with Crippen LogP contribution in [0.5, 0.6) is 5.75 Å². The summed E-state index contributed by atoms with van der Waals surface area (Å²) in [5.74, 6) is -0.736. The number of pyridine rings is 1. The van der Waals surface area contributed by atoms with E-state index in [0.29, 0.717) is 5.39 Å². The number of fused-ring (bicyclic) bond motifs is 1. The number of ether oxygens (including phenoxy) is 1. The molecule has 5 aromatic rings. The smallest absolute Gasteiger partial charge is 0.416 e. The van der Waals surface area contributed by atoms with Crippen LogP contribution in [0.2, 0.25) is 0 Å². The van der Waals surface area contributed by atoms with Crippen molar-refractivity contribution in [3.63, 3.8) is 0 Å². The molecule has 0 aliphatic rings. The van der Waals surface area contributed by atoms with Crippen molar-refractivity contribution >= 4 is 26.7 Å². The molecule has 3 aromatic carbocycles. The predicted molar refractivity (Wildman–Crippen MR) is 139 cm³/mol. The number of aromatic nitrogens is 3. The first-order chi connectivity index (χ1) is 19.0. The van der Waals surface area contributed by atoms with Gasteiger partial charge in [0.25, 0.3) is 15.6 Å². The van der Waals surface area contributed by atoms with Crippen molar-refractivity contribution in [1.29, 1.82) is 0 Å². The molecule has 0 saturated carbocycles. The van der Waals surface area contributed by atoms with E-state index >= 15 is 4.39 Å². The second kappa shape index (κ2) is 10.1. The van der Waals surface area contributed by atoms with Gasteiger partial charge in [0.05, 0.1) is 28.8 Å². The largest absolute Gasteiger partial charge is 0.495 e. The van der Waals surface area contributed by atoms with E-state index in [1.165, 1.54) is 61.8 Å². The number of alkyl halides is 3. The molecule has 0 spiro atoms. The molecular formula is C27H18F4N4O4S. The Kier molecular flexibility index (Phi) is 6.75. The van der Waals surface area contributed by atoms with Gasteiger partial charge in [0.1, 0.15) is 11.6 Å². The maximum absolute atomic E-state index is 15.3. The molecule has 2 aromatic heterocycles. The highest BCUT2D eigenvalue weighted by Gasteiger charge is 2.30. The van der Waals surface area contributed by atoms with Crippen LogP contribution >= 0.6 is 0 Å². The molecule has 40 heavy (non-hydrogen) atoms. The number of rotatable bonds is 6. The second-order valence-electron chi connectivity index (χ2n) is 8.52. The summed E-state index contributed by atoms with van der Waals surface area (Å²) in [4.78, 5) is 12.8. The molecule has 0 bridgehead atoms. The highest BCUT2D eigenvalue weighted by Crippen LogP contribution is 2.35. The number of benzene rings is 3. The molecule has 0 amide bonds. The Morgan fingerprint density at radius 1 is 0.950 bits per heavy atom. The van der Waals surface area contributed by atoms with E-state index in [9.17, 15) is 26.4 Å². The second-order valence-corrected chi connectivity index (χ2v) is 10.2. The summed E-state index contributed by atoms with van der Waals surface area (Å²) in [6, 6.07) is 15.8. The van der Waals surface area contributed by atoms with Gasteiger partial charge in [-0.1, -0.05) is 12.1 Å². The molecule has 0 fully saturated rings. The molecule has 2 heterocycles. The third kappa shape index (κ3) is 5.10. The van der Waals surface area contributed by atoms with E-state index in [2.05, 4.69) is 14.9 Å². The first-order valence-electron chi connectivity index (χ1n) is 11.5. The molecular weight excluding hydrogens is 552 g/mol. The first-order valence-corrected chi connectivity index (χ1v) is 13.0. The van der Waals surface area contributed by atoms with Crippen LogP contribution in [0.15, 0.2) is 94.7 Å². The third-order valence-electron chi connectivity index (χ3n) is 6.02. The van der Waals surface area contributed by atoms with E-state index in [1.807, 2.05) is 0 Å². The van der Waals surface area contributed by atoms with E-state index in [1.54, 1.807) is 0 Å². The van der Waals surface area contributed by atoms with Crippen molar-refractivity contribution in [1.82, 2.24) is 14.8 Å². The van der Waals surface area contributed by atoms with Crippen LogP contribution in [0.4, 0.5) is 23.4 Å². The number of nitrogens with zero attached hydrogens (tertiary/aromatic N) is 3. The summed E-state index contributed by atoms with van der Waals surface area (Å²) in [7, 11) is -2.76. The van der Waals surface area contributed by atoms with E-state index in [4.69, 9.17) is 4.74 Å². The molecule has 13 heteroatoms. The molecule has 1 N–H and O–H groups in total. The van der Waals surface area contributed by atoms with Gasteiger partial charge in [0.2, 0.25) is 0 Å². The van der Waals surface area contributed by atoms with Crippen molar-refractivity contribution in [2.24, 2.45) is 0 Å². The molecule has 204 valence electrons. The number of halogens is 4. The van der Waals surface area contributed by atoms with Gasteiger partial charge in [-0.25, -0.2) is 12.8 Å². The van der Waals surface area contributed by atoms with Crippen molar-refractivity contribution in [2.45, 2.75) is 11.1 Å². The maximum atomic E-state index is 15.3. The minimum atomic E-state index is -4.54. The standard InChI is InChI=1S/C27H18F4N4O4S/c1-39-24-14-20(16-4-7-18(8-5-16)27(29,30)31)21(28)15-23(24)35-22-10-9-19(13-17(22)6-11-26(35)36)40(37,38)34-25-3-2-12-32-33-25/h2-15H,1H3,(H,33,34). The van der Waals surface area contributed by atoms with Gasteiger partial charge in [-0.3, -0.25) is 14.1 Å². The van der Waals surface area contributed by atoms with Crippen LogP contribution in [-0.2, 0) is 16.2 Å². The Balaban J connectivity index is 1.59. The SMILES string of the molecule is COc1cc(-c2ccc(C(F)(F)F)cc2)c(F)cc1-n1c(=O)ccc2cc(S(=O)(=O)Nc3cccnn3)ccc21. The van der Waals surface area contributed by atoms with Crippen LogP contribution in [0.3, 0.4) is 0 Å². The van der Waals surface area contributed by atoms with Crippen molar-refractivity contribution in [3.05, 3.63) is 107 Å². The Hall–Kier alpha value is -4.78. The van der Waals surface area contributed by atoms with Crippen LogP contribution < -0.4 is 15.0 Å². The number of hydrogen-bond donors (Lipinski definition) is 1. The molecule has 8 nitrogen and oxygen atoms in total. The summed E-state index contributed by atoms with van der Waals surface area (Å²) in [6.07, 6.45) is -3.15. The lowest BCUT2D eigenvalue weighted by molar-refractivity contribution is -0.137. The Morgan fingerprint density at radius 2 is 1.70 bits per heavy atom. The molecule has 0 saturated heterocycles. The summed E-state index contributed by atoms with van der Waals surface area (Å²) in [5, 5.41) is 7.67. The summed E-state index contributed by atoms with van der Waals surface area (Å²) >= 11 is 0. The molecule has 5 rings (SSSR count). The van der Waals surface area contributed by atoms with E-state index < -0.39 is 33.1 Å². The number of nitrogens with one attached hydrogen (secondary N) is 1. The normalized spacial score (nSPS) is 11.9. The van der Waals surface area contributed by atoms with Crippen molar-refractivity contribution < 1.29 is 30.7 Å². The van der Waals surface area contributed by atoms with Crippen LogP contribution in [-0.4, -0.2) is 30.3 Å². The third-order valence-corrected chi connectivity index (χ3v) is 7.37. The zero-order valence-corrected chi connectivity index (χ0v) is 21.3. The fourth-order valence-electron chi connectivity index (χ4n) is 4.13. The van der Waals surface area contributed by atoms with Crippen molar-refractivity contribution in [2.75, 3.05) is 11.8 Å². The highest BCUT2D eigenvalue weighted by atomic mass is 32.2. The summed E-state index contributed by atoms with van der Waals surface area (Å²) < 4.78 is 88.8. The zero-order valence-electron chi connectivity index (χ0n) is 20.5. The van der Waals surface area contributed by atoms with E-state index in [0.717, 1.165) is 34.9 Å². The molecule has 0 aliphatic heterocycles. The van der Waals surface area contributed by atoms with Crippen LogP contribution in [0.25, 0.3) is 27.7 Å². The summed E-state index contributed by atoms with van der Waals surface area (Å²) in [5.41, 5.74) is -1.03. The van der Waals surface area contributed by atoms with Crippen LogP contribution in [0, 0.1) is 5.82 Å². The zero-order chi connectivity index (χ0) is 28.7. The van der Waals surface area contributed by atoms with Gasteiger partial charge >= 0.3 is 6.18 Å². The fourth-order valence-corrected chi connectivity index (χ4v) is 5.16. The van der Waals surface area contributed by atoms with Gasteiger partial charge < -0.3 is 4.74 Å². The van der Waals surface area contributed by atoms with Gasteiger partial charge in [0.15, 0.2) is 5.82 Å². The monoisotopic (exact) mass is 570 g/mol. The summed E-state index contributed by atoms with van der Waals surface area (Å²) in [6.45, 7) is 0. The van der Waals surface area contributed by atoms with Crippen LogP contribution in [0.1, 0.15) is 5.56 Å². The molecule has 0 radical (unpaired) electrons. The minimum Gasteiger partial charge on any atom is -0.495 e. The average molecular weight is 571 g/mol. The highest BCUT2D eigenvalue weighted by molar-refractivity contribution is 7.92. The maximum Gasteiger partial charge on any atom is 0.416 e. The lowest BCUT2D eigenvalue weighted by Gasteiger charge is -2.17. The van der Waals surface area contributed by atoms with Gasteiger partial charge in [0, 0.05) is 29.3 Å². The van der Waals surface area contributed by atoms with Gasteiger partial charge in [-0.05, 0) is 60.2 Å². The topological polar surface area (TPSA) is 103 Å². The molecule has 0 aliphatic carbocycles. The number of anilines is 1. The van der Waals surface area contributed by atoms with Crippen molar-refractivity contribution in [3.8, 4) is 22.6 Å². The Morgan fingerprint density at radius 3 is 2.35 bits per heavy atom. The lowest BCUT2D eigenvalue weighted by atomic mass is 10.0. The van der Waals surface area contributed by atoms with Gasteiger partial charge in [-0.15, -0.1) is 5.10 Å². The first kappa shape index (κ1) is 26.8. The minimum absolute atomic E-state index is 0.0135. The molecule has 0 atom stereocenters. The fraction of sp³-hybridized carbons (Fsp3) is 0.0741. The van der Waals surface area contributed by atoms with E-state index in [-0.39, 0.29) is 38.8 Å².